The van der Waals surface area contributed by atoms with E-state index in [-0.39, 0.29) is 43.2 Å². The summed E-state index contributed by atoms with van der Waals surface area (Å²) >= 11 is 0. The van der Waals surface area contributed by atoms with E-state index in [0.717, 1.165) is 25.0 Å². The fraction of sp³-hybridized carbons (Fsp3) is 0.350. The summed E-state index contributed by atoms with van der Waals surface area (Å²) in [4.78, 5) is 12.1. The number of ether oxygens (including phenoxy) is 1. The van der Waals surface area contributed by atoms with Gasteiger partial charge in [0.1, 0.15) is 5.82 Å². The number of nitrogens with one attached hydrogen (secondary N) is 2. The van der Waals surface area contributed by atoms with Gasteiger partial charge in [0.25, 0.3) is 0 Å². The van der Waals surface area contributed by atoms with E-state index in [1.54, 1.807) is 12.1 Å². The average Bonchev–Trinajstić information content (AvgIpc) is 3.14. The predicted octanol–water partition coefficient (Wildman–Crippen LogP) is 4.41. The molecule has 0 radical (unpaired) electrons. The number of carbonyl (C=O) groups is 1. The third-order valence-corrected chi connectivity index (χ3v) is 4.47. The first-order valence-electron chi connectivity index (χ1n) is 8.90. The lowest BCUT2D eigenvalue weighted by molar-refractivity contribution is -0.116. The second-order valence-electron chi connectivity index (χ2n) is 6.46. The first-order valence-corrected chi connectivity index (χ1v) is 8.90. The van der Waals surface area contributed by atoms with Gasteiger partial charge < -0.3 is 21.1 Å². The van der Waals surface area contributed by atoms with Crippen LogP contribution in [0.3, 0.4) is 0 Å². The molecular weight excluding hydrogens is 404 g/mol. The van der Waals surface area contributed by atoms with Crippen LogP contribution in [0, 0.1) is 5.82 Å². The van der Waals surface area contributed by atoms with Crippen molar-refractivity contribution in [3.8, 4) is 0 Å². The molecule has 0 spiro atoms. The summed E-state index contributed by atoms with van der Waals surface area (Å²) in [6.45, 7) is 1.36. The lowest BCUT2D eigenvalue weighted by Crippen LogP contribution is -2.19. The van der Waals surface area contributed by atoms with E-state index in [1.165, 1.54) is 6.07 Å². The summed E-state index contributed by atoms with van der Waals surface area (Å²) in [6, 6.07) is 12.1. The third-order valence-electron chi connectivity index (χ3n) is 4.47. The Morgan fingerprint density at radius 3 is 2.68 bits per heavy atom. The number of nitrogens with two attached hydrogens (primary N) is 1. The number of nitrogen functional groups attached to an aromatic ring is 1. The summed E-state index contributed by atoms with van der Waals surface area (Å²) in [5.41, 5.74) is 8.33. The highest BCUT2D eigenvalue weighted by molar-refractivity contribution is 5.91. The molecule has 0 aromatic heterocycles. The molecule has 2 aromatic rings. The number of amides is 1. The minimum atomic E-state index is -0.395. The second kappa shape index (κ2) is 11.7. The minimum absolute atomic E-state index is 0. The minimum Gasteiger partial charge on any atom is -0.399 e. The first kappa shape index (κ1) is 24.0. The van der Waals surface area contributed by atoms with Crippen LogP contribution in [-0.2, 0) is 16.0 Å². The van der Waals surface area contributed by atoms with E-state index >= 15 is 0 Å². The fourth-order valence-electron chi connectivity index (χ4n) is 3.00. The quantitative estimate of drug-likeness (QED) is 0.569. The molecule has 3 rings (SSSR count). The number of hydrogen-bond acceptors (Lipinski definition) is 4. The molecule has 1 atom stereocenters. The van der Waals surface area contributed by atoms with Crippen molar-refractivity contribution in [1.29, 1.82) is 0 Å². The lowest BCUT2D eigenvalue weighted by Gasteiger charge is -2.13. The number of carbonyl (C=O) groups excluding carboxylic acids is 1. The van der Waals surface area contributed by atoms with Gasteiger partial charge in [0, 0.05) is 30.9 Å². The number of halogens is 3. The van der Waals surface area contributed by atoms with Gasteiger partial charge in [0.15, 0.2) is 0 Å². The van der Waals surface area contributed by atoms with Gasteiger partial charge in [0.2, 0.25) is 5.91 Å². The fourth-order valence-corrected chi connectivity index (χ4v) is 3.00. The largest absolute Gasteiger partial charge is 0.399 e. The third kappa shape index (κ3) is 6.86. The van der Waals surface area contributed by atoms with E-state index in [9.17, 15) is 9.18 Å². The number of hydrogen-bond donors (Lipinski definition) is 3. The van der Waals surface area contributed by atoms with E-state index in [4.69, 9.17) is 10.5 Å². The van der Waals surface area contributed by atoms with Gasteiger partial charge in [-0.1, -0.05) is 18.2 Å². The molecule has 1 amide bonds. The maximum Gasteiger partial charge on any atom is 0.224 e. The van der Waals surface area contributed by atoms with Crippen molar-refractivity contribution < 1.29 is 13.9 Å². The van der Waals surface area contributed by atoms with Crippen LogP contribution in [0.15, 0.2) is 42.5 Å². The molecule has 8 heteroatoms. The van der Waals surface area contributed by atoms with Gasteiger partial charge in [-0.25, -0.2) is 4.39 Å². The highest BCUT2D eigenvalue weighted by atomic mass is 35.5. The Balaban J connectivity index is 0.00000196. The number of anilines is 3. The van der Waals surface area contributed by atoms with Gasteiger partial charge in [-0.15, -0.1) is 24.8 Å². The number of rotatable bonds is 7. The zero-order chi connectivity index (χ0) is 18.4. The summed E-state index contributed by atoms with van der Waals surface area (Å²) in [5.74, 6) is -0.569. The van der Waals surface area contributed by atoms with Crippen LogP contribution < -0.4 is 16.4 Å². The van der Waals surface area contributed by atoms with Crippen LogP contribution in [0.5, 0.6) is 0 Å². The van der Waals surface area contributed by atoms with Gasteiger partial charge in [-0.3, -0.25) is 4.79 Å². The lowest BCUT2D eigenvalue weighted by atomic mass is 10.1. The molecule has 4 N–H and O–H groups in total. The van der Waals surface area contributed by atoms with Crippen LogP contribution in [-0.4, -0.2) is 25.2 Å². The highest BCUT2D eigenvalue weighted by Crippen LogP contribution is 2.21. The Hall–Kier alpha value is -2.02. The van der Waals surface area contributed by atoms with Gasteiger partial charge in [-0.05, 0) is 49.1 Å². The topological polar surface area (TPSA) is 76.4 Å². The summed E-state index contributed by atoms with van der Waals surface area (Å²) < 4.78 is 19.7. The summed E-state index contributed by atoms with van der Waals surface area (Å²) in [7, 11) is 0. The predicted molar refractivity (Wildman–Crippen MR) is 116 cm³/mol. The molecule has 1 aliphatic heterocycles. The highest BCUT2D eigenvalue weighted by Gasteiger charge is 2.15. The second-order valence-corrected chi connectivity index (χ2v) is 6.46. The Bertz CT molecular complexity index is 771. The Morgan fingerprint density at radius 2 is 2.00 bits per heavy atom. The van der Waals surface area contributed by atoms with Crippen molar-refractivity contribution in [2.24, 2.45) is 0 Å². The van der Waals surface area contributed by atoms with Gasteiger partial charge >= 0.3 is 0 Å². The summed E-state index contributed by atoms with van der Waals surface area (Å²) in [6.07, 6.45) is 3.01. The molecule has 1 fully saturated rings. The van der Waals surface area contributed by atoms with Crippen LogP contribution in [0.1, 0.15) is 24.8 Å². The molecule has 154 valence electrons. The van der Waals surface area contributed by atoms with Crippen molar-refractivity contribution in [1.82, 2.24) is 0 Å². The van der Waals surface area contributed by atoms with E-state index in [2.05, 4.69) is 10.6 Å². The molecule has 1 saturated heterocycles. The molecule has 0 aliphatic carbocycles. The van der Waals surface area contributed by atoms with Crippen molar-refractivity contribution in [3.63, 3.8) is 0 Å². The Labute approximate surface area is 177 Å². The Morgan fingerprint density at radius 1 is 1.21 bits per heavy atom. The van der Waals surface area contributed by atoms with Crippen molar-refractivity contribution >= 4 is 47.8 Å². The Kier molecular flexibility index (Phi) is 10.1. The van der Waals surface area contributed by atoms with Crippen molar-refractivity contribution in [2.75, 3.05) is 29.5 Å². The van der Waals surface area contributed by atoms with Crippen LogP contribution in [0.4, 0.5) is 21.5 Å². The maximum absolute atomic E-state index is 14.2. The van der Waals surface area contributed by atoms with Gasteiger partial charge in [-0.2, -0.15) is 0 Å². The molecule has 2 aromatic carbocycles. The number of benzene rings is 2. The smallest absolute Gasteiger partial charge is 0.224 e. The normalized spacial score (nSPS) is 15.2. The zero-order valence-corrected chi connectivity index (χ0v) is 17.1. The van der Waals surface area contributed by atoms with Crippen LogP contribution in [0.2, 0.25) is 0 Å². The molecule has 5 nitrogen and oxygen atoms in total. The molecule has 1 heterocycles. The van der Waals surface area contributed by atoms with E-state index in [1.807, 2.05) is 24.3 Å². The molecule has 1 aliphatic rings. The maximum atomic E-state index is 14.2. The first-order chi connectivity index (χ1) is 12.6. The number of para-hydroxylation sites is 1. The standard InChI is InChI=1S/C20H24FN3O2.2ClH/c21-17-12-15(8-9-19(17)23-13-16-5-3-11-26-16)24-20(25)10-7-14-4-1-2-6-18(14)22;;/h1-2,4,6,8-9,12,16,23H,3,5,7,10-11,13,22H2,(H,24,25);2*1H. The van der Waals surface area contributed by atoms with Gasteiger partial charge in [0.05, 0.1) is 11.8 Å². The SMILES string of the molecule is Cl.Cl.Nc1ccccc1CCC(=O)Nc1ccc(NCC2CCCO2)c(F)c1. The van der Waals surface area contributed by atoms with Crippen LogP contribution in [0.25, 0.3) is 0 Å². The summed E-state index contributed by atoms with van der Waals surface area (Å²) in [5, 5.41) is 5.79. The van der Waals surface area contributed by atoms with Crippen molar-refractivity contribution in [3.05, 3.63) is 53.8 Å². The molecule has 0 saturated carbocycles. The zero-order valence-electron chi connectivity index (χ0n) is 15.4. The monoisotopic (exact) mass is 429 g/mol. The van der Waals surface area contributed by atoms with E-state index in [0.29, 0.717) is 30.0 Å². The van der Waals surface area contributed by atoms with E-state index < -0.39 is 5.82 Å². The average molecular weight is 430 g/mol. The van der Waals surface area contributed by atoms with Crippen LogP contribution >= 0.6 is 24.8 Å². The molecular formula is C20H26Cl2FN3O2. The molecule has 0 bridgehead atoms. The molecule has 28 heavy (non-hydrogen) atoms. The number of aryl methyl sites for hydroxylation is 1. The van der Waals surface area contributed by atoms with Crippen molar-refractivity contribution in [2.45, 2.75) is 31.8 Å². The molecule has 1 unspecified atom stereocenters.